The van der Waals surface area contributed by atoms with Crippen LogP contribution in [-0.2, 0) is 9.84 Å². The Hall–Kier alpha value is -3.62. The fourth-order valence-electron chi connectivity index (χ4n) is 3.58. The van der Waals surface area contributed by atoms with E-state index in [1.54, 1.807) is 12.1 Å². The predicted octanol–water partition coefficient (Wildman–Crippen LogP) is 4.75. The number of carbonyl (C=O) groups excluding carboxylic acids is 2. The predicted molar refractivity (Wildman–Crippen MR) is 122 cm³/mol. The van der Waals surface area contributed by atoms with Gasteiger partial charge in [0.05, 0.1) is 15.5 Å². The van der Waals surface area contributed by atoms with Gasteiger partial charge in [0, 0.05) is 27.6 Å². The number of ketones is 1. The zero-order valence-corrected chi connectivity index (χ0v) is 18.5. The number of nitrogens with zero attached hydrogens (tertiary/aromatic N) is 1. The molecule has 0 fully saturated rings. The second-order valence-corrected chi connectivity index (χ2v) is 10.1. The number of rotatable bonds is 3. The highest BCUT2D eigenvalue weighted by Gasteiger charge is 2.35. The van der Waals surface area contributed by atoms with Crippen molar-refractivity contribution in [1.29, 1.82) is 0 Å². The Morgan fingerprint density at radius 1 is 0.938 bits per heavy atom. The number of hydrogen-bond acceptors (Lipinski definition) is 6. The van der Waals surface area contributed by atoms with Crippen molar-refractivity contribution in [2.24, 2.45) is 0 Å². The number of aromatic nitrogens is 1. The summed E-state index contributed by atoms with van der Waals surface area (Å²) < 4.78 is 26.1. The average molecular weight is 461 g/mol. The van der Waals surface area contributed by atoms with Gasteiger partial charge in [-0.1, -0.05) is 42.0 Å². The molecule has 1 amide bonds. The first-order valence-electron chi connectivity index (χ1n) is 9.71. The van der Waals surface area contributed by atoms with E-state index < -0.39 is 15.7 Å². The number of fused-ring (bicyclic) bond motifs is 2. The highest BCUT2D eigenvalue weighted by molar-refractivity contribution is 7.91. The van der Waals surface area contributed by atoms with E-state index in [0.29, 0.717) is 5.13 Å². The van der Waals surface area contributed by atoms with E-state index in [0.717, 1.165) is 16.8 Å². The van der Waals surface area contributed by atoms with Crippen LogP contribution in [0, 0.1) is 6.92 Å². The second-order valence-electron chi connectivity index (χ2n) is 7.40. The Morgan fingerprint density at radius 2 is 1.66 bits per heavy atom. The number of anilines is 1. The maximum atomic E-state index is 13.1. The summed E-state index contributed by atoms with van der Waals surface area (Å²) in [4.78, 5) is 29.8. The molecule has 6 nitrogen and oxygen atoms in total. The Kier molecular flexibility index (Phi) is 4.76. The largest absolute Gasteiger partial charge is 0.298 e. The number of benzene rings is 3. The van der Waals surface area contributed by atoms with E-state index in [1.165, 1.54) is 41.7 Å². The molecule has 1 aliphatic heterocycles. The van der Waals surface area contributed by atoms with E-state index in [4.69, 9.17) is 0 Å². The lowest BCUT2D eigenvalue weighted by molar-refractivity contribution is 0.101. The first kappa shape index (κ1) is 20.3. The van der Waals surface area contributed by atoms with Crippen molar-refractivity contribution in [1.82, 2.24) is 4.98 Å². The van der Waals surface area contributed by atoms with Gasteiger partial charge in [-0.2, -0.15) is 0 Å². The summed E-state index contributed by atoms with van der Waals surface area (Å²) in [7, 11) is -3.91. The van der Waals surface area contributed by atoms with Gasteiger partial charge in [-0.3, -0.25) is 14.9 Å². The molecule has 0 spiro atoms. The zero-order valence-electron chi connectivity index (χ0n) is 16.8. The monoisotopic (exact) mass is 460 g/mol. The van der Waals surface area contributed by atoms with Gasteiger partial charge < -0.3 is 0 Å². The molecule has 0 saturated carbocycles. The van der Waals surface area contributed by atoms with E-state index in [2.05, 4.69) is 10.3 Å². The van der Waals surface area contributed by atoms with Crippen LogP contribution < -0.4 is 5.32 Å². The molecule has 158 valence electrons. The minimum absolute atomic E-state index is 0.0438. The van der Waals surface area contributed by atoms with Gasteiger partial charge >= 0.3 is 0 Å². The lowest BCUT2D eigenvalue weighted by Gasteiger charge is -2.19. The molecule has 0 aliphatic carbocycles. The second kappa shape index (κ2) is 7.51. The van der Waals surface area contributed by atoms with Crippen molar-refractivity contribution in [2.75, 3.05) is 5.32 Å². The summed E-state index contributed by atoms with van der Waals surface area (Å²) in [5.41, 5.74) is 3.15. The topological polar surface area (TPSA) is 93.2 Å². The Labute approximate surface area is 188 Å². The van der Waals surface area contributed by atoms with Gasteiger partial charge in [-0.05, 0) is 37.3 Å². The Balaban J connectivity index is 1.45. The smallest absolute Gasteiger partial charge is 0.257 e. The average Bonchev–Trinajstić information content (AvgIpc) is 3.26. The molecule has 1 aliphatic rings. The first-order chi connectivity index (χ1) is 15.3. The number of thiazole rings is 1. The fraction of sp³-hybridized carbons (Fsp3) is 0.0417. The Morgan fingerprint density at radius 3 is 2.44 bits per heavy atom. The summed E-state index contributed by atoms with van der Waals surface area (Å²) in [6, 6.07) is 18.1. The number of nitrogens with one attached hydrogen (secondary N) is 1. The molecule has 0 unspecified atom stereocenters. The molecule has 0 saturated heterocycles. The van der Waals surface area contributed by atoms with E-state index in [9.17, 15) is 18.0 Å². The maximum absolute atomic E-state index is 13.1. The van der Waals surface area contributed by atoms with E-state index in [-0.39, 0.29) is 32.3 Å². The van der Waals surface area contributed by atoms with Crippen LogP contribution in [0.5, 0.6) is 0 Å². The lowest BCUT2D eigenvalue weighted by atomic mass is 10.0. The van der Waals surface area contributed by atoms with Gasteiger partial charge in [0.25, 0.3) is 5.91 Å². The number of carbonyl (C=O) groups is 2. The molecule has 2 heterocycles. The third-order valence-electron chi connectivity index (χ3n) is 5.27. The molecule has 0 radical (unpaired) electrons. The maximum Gasteiger partial charge on any atom is 0.257 e. The van der Waals surface area contributed by atoms with Crippen LogP contribution in [0.25, 0.3) is 11.3 Å². The minimum atomic E-state index is -3.91. The summed E-state index contributed by atoms with van der Waals surface area (Å²) in [5, 5.41) is 4.95. The van der Waals surface area contributed by atoms with Gasteiger partial charge in [-0.25, -0.2) is 13.4 Å². The quantitative estimate of drug-likeness (QED) is 0.419. The molecule has 3 aromatic carbocycles. The summed E-state index contributed by atoms with van der Waals surface area (Å²) in [6.07, 6.45) is 0. The van der Waals surface area contributed by atoms with Crippen molar-refractivity contribution in [3.8, 4) is 11.3 Å². The van der Waals surface area contributed by atoms with Crippen molar-refractivity contribution in [3.05, 3.63) is 94.4 Å². The molecular formula is C24H16N2O4S2. The fourth-order valence-corrected chi connectivity index (χ4v) is 5.97. The summed E-state index contributed by atoms with van der Waals surface area (Å²) >= 11 is 1.28. The number of aryl methyl sites for hydroxylation is 1. The molecule has 4 aromatic rings. The minimum Gasteiger partial charge on any atom is -0.298 e. The van der Waals surface area contributed by atoms with Crippen molar-refractivity contribution in [3.63, 3.8) is 0 Å². The number of sulfone groups is 1. The third kappa shape index (κ3) is 3.34. The normalized spacial score (nSPS) is 13.8. The Bertz CT molecular complexity index is 1500. The zero-order chi connectivity index (χ0) is 22.5. The van der Waals surface area contributed by atoms with E-state index >= 15 is 0 Å². The molecule has 0 bridgehead atoms. The molecule has 32 heavy (non-hydrogen) atoms. The van der Waals surface area contributed by atoms with Crippen LogP contribution >= 0.6 is 11.3 Å². The van der Waals surface area contributed by atoms with Crippen LogP contribution in [0.2, 0.25) is 0 Å². The highest BCUT2D eigenvalue weighted by atomic mass is 32.2. The number of amides is 1. The molecule has 1 aromatic heterocycles. The van der Waals surface area contributed by atoms with Gasteiger partial charge in [0.2, 0.25) is 9.84 Å². The molecule has 8 heteroatoms. The van der Waals surface area contributed by atoms with Crippen molar-refractivity contribution >= 4 is 38.0 Å². The van der Waals surface area contributed by atoms with Crippen molar-refractivity contribution < 1.29 is 18.0 Å². The molecule has 5 rings (SSSR count). The van der Waals surface area contributed by atoms with Crippen LogP contribution in [0.3, 0.4) is 0 Å². The molecule has 1 N–H and O–H groups in total. The van der Waals surface area contributed by atoms with Gasteiger partial charge in [0.15, 0.2) is 10.9 Å². The third-order valence-corrected chi connectivity index (χ3v) is 7.88. The van der Waals surface area contributed by atoms with Crippen LogP contribution in [0.1, 0.15) is 31.8 Å². The SMILES string of the molecule is Cc1ccc(-c2csc(NC(=O)c3ccc4c(c3)S(=O)(=O)c3ccccc3C4=O)n2)cc1. The lowest BCUT2D eigenvalue weighted by Crippen LogP contribution is -2.21. The van der Waals surface area contributed by atoms with Crippen LogP contribution in [0.15, 0.2) is 81.9 Å². The van der Waals surface area contributed by atoms with Crippen LogP contribution in [0.4, 0.5) is 5.13 Å². The first-order valence-corrected chi connectivity index (χ1v) is 12.1. The van der Waals surface area contributed by atoms with Crippen LogP contribution in [-0.4, -0.2) is 25.1 Å². The summed E-state index contributed by atoms with van der Waals surface area (Å²) in [5.74, 6) is -0.876. The molecular weight excluding hydrogens is 444 g/mol. The highest BCUT2D eigenvalue weighted by Crippen LogP contribution is 2.35. The molecule has 0 atom stereocenters. The van der Waals surface area contributed by atoms with E-state index in [1.807, 2.05) is 36.6 Å². The number of hydrogen-bond donors (Lipinski definition) is 1. The van der Waals surface area contributed by atoms with Crippen molar-refractivity contribution in [2.45, 2.75) is 16.7 Å². The summed E-state index contributed by atoms with van der Waals surface area (Å²) in [6.45, 7) is 2.00. The standard InChI is InChI=1S/C24H16N2O4S2/c1-14-6-8-15(9-7-14)19-13-31-24(25-19)26-23(28)16-10-11-18-21(12-16)32(29,30)20-5-3-2-4-17(20)22(18)27/h2-13H,1H3,(H,25,26,28). The van der Waals surface area contributed by atoms with Gasteiger partial charge in [0.1, 0.15) is 0 Å². The van der Waals surface area contributed by atoms with Gasteiger partial charge in [-0.15, -0.1) is 11.3 Å².